The number of carbonyl (C=O) groups is 3. The average Bonchev–Trinajstić information content (AvgIpc) is 2.73. The molecule has 1 aliphatic rings. The fourth-order valence-electron chi connectivity index (χ4n) is 3.26. The fraction of sp³-hybridized carbons (Fsp3) is 0.333. The molecule has 10 heteroatoms. The number of benzene rings is 1. The van der Waals surface area contributed by atoms with Crippen LogP contribution in [0, 0.1) is 5.82 Å². The van der Waals surface area contributed by atoms with Crippen molar-refractivity contribution in [3.8, 4) is 0 Å². The molecule has 0 bridgehead atoms. The van der Waals surface area contributed by atoms with Crippen LogP contribution in [0.5, 0.6) is 0 Å². The molecule has 2 aromatic rings. The number of ether oxygens (including phenoxy) is 1. The summed E-state index contributed by atoms with van der Waals surface area (Å²) in [4.78, 5) is 42.8. The first-order chi connectivity index (χ1) is 14.8. The summed E-state index contributed by atoms with van der Waals surface area (Å²) in [7, 11) is 1.35. The first kappa shape index (κ1) is 22.2. The highest BCUT2D eigenvalue weighted by Gasteiger charge is 2.21. The number of carbonyl (C=O) groups excluding carboxylic acids is 3. The molecule has 0 atom stereocenters. The second-order valence-electron chi connectivity index (χ2n) is 7.15. The maximum Gasteiger partial charge on any atom is 0.409 e. The van der Waals surface area contributed by atoms with Crippen molar-refractivity contribution in [1.29, 1.82) is 0 Å². The molecule has 3 amide bonds. The Hall–Kier alpha value is -3.53. The molecule has 0 saturated carbocycles. The van der Waals surface area contributed by atoms with Gasteiger partial charge in [0, 0.05) is 45.3 Å². The summed E-state index contributed by atoms with van der Waals surface area (Å²) in [6, 6.07) is 6.87. The van der Waals surface area contributed by atoms with Gasteiger partial charge in [-0.1, -0.05) is 0 Å². The van der Waals surface area contributed by atoms with Gasteiger partial charge >= 0.3 is 12.1 Å². The molecule has 2 heterocycles. The number of urea groups is 1. The third kappa shape index (κ3) is 6.22. The van der Waals surface area contributed by atoms with E-state index >= 15 is 0 Å². The van der Waals surface area contributed by atoms with E-state index in [0.717, 1.165) is 0 Å². The van der Waals surface area contributed by atoms with Crippen LogP contribution in [-0.4, -0.2) is 66.0 Å². The van der Waals surface area contributed by atoms with Crippen LogP contribution in [-0.2, 0) is 11.3 Å². The van der Waals surface area contributed by atoms with Crippen molar-refractivity contribution < 1.29 is 23.5 Å². The van der Waals surface area contributed by atoms with Gasteiger partial charge in [0.2, 0.25) is 0 Å². The summed E-state index contributed by atoms with van der Waals surface area (Å²) in [5, 5.41) is 5.19. The Morgan fingerprint density at radius 1 is 1.06 bits per heavy atom. The van der Waals surface area contributed by atoms with Crippen LogP contribution in [0.25, 0.3) is 0 Å². The Kier molecular flexibility index (Phi) is 7.14. The minimum atomic E-state index is -0.555. The fourth-order valence-corrected chi connectivity index (χ4v) is 3.26. The van der Waals surface area contributed by atoms with Crippen molar-refractivity contribution in [2.24, 2.45) is 0 Å². The minimum absolute atomic E-state index is 0.171. The molecule has 1 fully saturated rings. The molecule has 0 spiro atoms. The van der Waals surface area contributed by atoms with Gasteiger partial charge in [0.1, 0.15) is 11.5 Å². The molecule has 1 aromatic carbocycles. The lowest BCUT2D eigenvalue weighted by atomic mass is 10.1. The Morgan fingerprint density at radius 2 is 1.77 bits per heavy atom. The van der Waals surface area contributed by atoms with E-state index in [1.807, 2.05) is 0 Å². The summed E-state index contributed by atoms with van der Waals surface area (Å²) in [5.74, 6) is -0.636. The Morgan fingerprint density at radius 3 is 2.39 bits per heavy atom. The van der Waals surface area contributed by atoms with Crippen LogP contribution in [0.1, 0.15) is 23.0 Å². The van der Waals surface area contributed by atoms with Gasteiger partial charge in [0.25, 0.3) is 0 Å². The predicted octanol–water partition coefficient (Wildman–Crippen LogP) is 2.95. The highest BCUT2D eigenvalue weighted by Crippen LogP contribution is 2.18. The van der Waals surface area contributed by atoms with Crippen LogP contribution in [0.2, 0.25) is 0 Å². The lowest BCUT2D eigenvalue weighted by molar-refractivity contribution is 0.0888. The van der Waals surface area contributed by atoms with E-state index in [1.54, 1.807) is 17.0 Å². The number of hydrogen-bond acceptors (Lipinski definition) is 6. The maximum atomic E-state index is 14.1. The first-order valence-corrected chi connectivity index (χ1v) is 9.74. The molecule has 0 aliphatic carbocycles. The van der Waals surface area contributed by atoms with Crippen molar-refractivity contribution in [2.45, 2.75) is 13.5 Å². The summed E-state index contributed by atoms with van der Waals surface area (Å²) >= 11 is 0. The van der Waals surface area contributed by atoms with E-state index in [2.05, 4.69) is 20.5 Å². The highest BCUT2D eigenvalue weighted by molar-refractivity contribution is 6.00. The topological polar surface area (TPSA) is 104 Å². The molecule has 1 aromatic heterocycles. The quantitative estimate of drug-likeness (QED) is 0.709. The number of amides is 3. The number of rotatable bonds is 5. The van der Waals surface area contributed by atoms with E-state index in [0.29, 0.717) is 55.4 Å². The standard InChI is InChI=1S/C21H24FN5O4/c1-14(28)19-4-3-17(12-23-19)24-20(29)25-18-10-15(9-16(22)11-18)13-26-5-7-27(8-6-26)21(30)31-2/h3-4,9-12H,5-8,13H2,1-2H3,(H2,24,25,29). The van der Waals surface area contributed by atoms with Crippen LogP contribution in [0.4, 0.5) is 25.4 Å². The van der Waals surface area contributed by atoms with Crippen LogP contribution in [0.15, 0.2) is 36.5 Å². The lowest BCUT2D eigenvalue weighted by Gasteiger charge is -2.33. The zero-order chi connectivity index (χ0) is 22.4. The molecule has 2 N–H and O–H groups in total. The number of halogens is 1. The summed E-state index contributed by atoms with van der Waals surface area (Å²) in [5.41, 5.74) is 1.72. The van der Waals surface area contributed by atoms with Crippen LogP contribution in [0.3, 0.4) is 0 Å². The first-order valence-electron chi connectivity index (χ1n) is 9.74. The third-order valence-corrected chi connectivity index (χ3v) is 4.81. The van der Waals surface area contributed by atoms with Gasteiger partial charge in [-0.25, -0.2) is 14.0 Å². The van der Waals surface area contributed by atoms with Gasteiger partial charge in [-0.05, 0) is 35.9 Å². The number of aromatic nitrogens is 1. The molecular formula is C21H24FN5O4. The number of piperazine rings is 1. The van der Waals surface area contributed by atoms with E-state index < -0.39 is 11.8 Å². The van der Waals surface area contributed by atoms with Gasteiger partial charge < -0.3 is 20.3 Å². The number of nitrogens with zero attached hydrogens (tertiary/aromatic N) is 3. The number of pyridine rings is 1. The molecular weight excluding hydrogens is 405 g/mol. The van der Waals surface area contributed by atoms with Crippen molar-refractivity contribution in [1.82, 2.24) is 14.8 Å². The smallest absolute Gasteiger partial charge is 0.409 e. The monoisotopic (exact) mass is 429 g/mol. The normalized spacial score (nSPS) is 14.1. The minimum Gasteiger partial charge on any atom is -0.453 e. The number of anilines is 2. The Labute approximate surface area is 179 Å². The lowest BCUT2D eigenvalue weighted by Crippen LogP contribution is -2.48. The van der Waals surface area contributed by atoms with Crippen LogP contribution >= 0.6 is 0 Å². The van der Waals surface area contributed by atoms with Crippen molar-refractivity contribution in [3.63, 3.8) is 0 Å². The van der Waals surface area contributed by atoms with E-state index in [9.17, 15) is 18.8 Å². The highest BCUT2D eigenvalue weighted by atomic mass is 19.1. The molecule has 9 nitrogen and oxygen atoms in total. The van der Waals surface area contributed by atoms with Crippen molar-refractivity contribution in [3.05, 3.63) is 53.6 Å². The molecule has 164 valence electrons. The number of nitrogens with one attached hydrogen (secondary N) is 2. The van der Waals surface area contributed by atoms with E-state index in [1.165, 1.54) is 38.4 Å². The number of ketones is 1. The maximum absolute atomic E-state index is 14.1. The SMILES string of the molecule is COC(=O)N1CCN(Cc2cc(F)cc(NC(=O)Nc3ccc(C(C)=O)nc3)c2)CC1. The summed E-state index contributed by atoms with van der Waals surface area (Å²) in [6.07, 6.45) is 1.02. The molecule has 1 aliphatic heterocycles. The average molecular weight is 429 g/mol. The van der Waals surface area contributed by atoms with E-state index in [-0.39, 0.29) is 11.9 Å². The molecule has 1 saturated heterocycles. The van der Waals surface area contributed by atoms with Crippen LogP contribution < -0.4 is 10.6 Å². The zero-order valence-electron chi connectivity index (χ0n) is 17.4. The summed E-state index contributed by atoms with van der Waals surface area (Å²) in [6.45, 7) is 4.23. The van der Waals surface area contributed by atoms with Crippen molar-refractivity contribution >= 4 is 29.3 Å². The van der Waals surface area contributed by atoms with Gasteiger partial charge in [0.05, 0.1) is 19.0 Å². The predicted molar refractivity (Wildman–Crippen MR) is 113 cm³/mol. The molecule has 31 heavy (non-hydrogen) atoms. The third-order valence-electron chi connectivity index (χ3n) is 4.81. The number of Topliss-reactive ketones (excluding diaryl/α,β-unsaturated/α-hetero) is 1. The van der Waals surface area contributed by atoms with Gasteiger partial charge in [-0.2, -0.15) is 0 Å². The number of methoxy groups -OCH3 is 1. The molecule has 0 unspecified atom stereocenters. The number of hydrogen-bond donors (Lipinski definition) is 2. The van der Waals surface area contributed by atoms with Gasteiger partial charge in [0.15, 0.2) is 5.78 Å². The second kappa shape index (κ2) is 9.98. The molecule has 3 rings (SSSR count). The zero-order valence-corrected chi connectivity index (χ0v) is 17.4. The Bertz CT molecular complexity index is 959. The molecule has 0 radical (unpaired) electrons. The van der Waals surface area contributed by atoms with E-state index in [4.69, 9.17) is 4.74 Å². The Balaban J connectivity index is 1.57. The van der Waals surface area contributed by atoms with Gasteiger partial charge in [-0.15, -0.1) is 0 Å². The second-order valence-corrected chi connectivity index (χ2v) is 7.15. The largest absolute Gasteiger partial charge is 0.453 e. The summed E-state index contributed by atoms with van der Waals surface area (Å²) < 4.78 is 18.8. The van der Waals surface area contributed by atoms with Crippen molar-refractivity contribution in [2.75, 3.05) is 43.9 Å². The van der Waals surface area contributed by atoms with Gasteiger partial charge in [-0.3, -0.25) is 14.7 Å².